The highest BCUT2D eigenvalue weighted by molar-refractivity contribution is 7.17. The molecule has 2 N–H and O–H groups in total. The van der Waals surface area contributed by atoms with Gasteiger partial charge in [0.15, 0.2) is 6.61 Å². The number of amides is 3. The summed E-state index contributed by atoms with van der Waals surface area (Å²) in [5, 5.41) is 4.61. The van der Waals surface area contributed by atoms with Gasteiger partial charge in [-0.15, -0.1) is 11.3 Å². The molecular formula is C18H18N2O5S. The lowest BCUT2D eigenvalue weighted by molar-refractivity contribution is -0.123. The fraction of sp³-hybridized carbons (Fsp3) is 0.278. The van der Waals surface area contributed by atoms with Crippen LogP contribution < -0.4 is 15.4 Å². The number of ether oxygens (including phenoxy) is 2. The zero-order valence-electron chi connectivity index (χ0n) is 14.3. The molecule has 3 rings (SSSR count). The van der Waals surface area contributed by atoms with Crippen molar-refractivity contribution in [1.29, 1.82) is 0 Å². The van der Waals surface area contributed by atoms with Crippen LogP contribution in [0.25, 0.3) is 10.4 Å². The van der Waals surface area contributed by atoms with E-state index in [1.165, 1.54) is 11.3 Å². The zero-order valence-corrected chi connectivity index (χ0v) is 15.1. The van der Waals surface area contributed by atoms with Gasteiger partial charge in [-0.1, -0.05) is 12.1 Å². The SMILES string of the molecule is CC(C)NC(=O)NC(=O)COC(=O)c1cc2c(s1)-c1ccccc1OC2. The van der Waals surface area contributed by atoms with Gasteiger partial charge in [0.2, 0.25) is 0 Å². The predicted octanol–water partition coefficient (Wildman–Crippen LogP) is 2.70. The van der Waals surface area contributed by atoms with Crippen LogP contribution >= 0.6 is 11.3 Å². The topological polar surface area (TPSA) is 93.7 Å². The second-order valence-electron chi connectivity index (χ2n) is 6.00. The summed E-state index contributed by atoms with van der Waals surface area (Å²) in [6.45, 7) is 3.39. The Morgan fingerprint density at radius 1 is 1.27 bits per heavy atom. The number of hydrogen-bond donors (Lipinski definition) is 2. The number of hydrogen-bond acceptors (Lipinski definition) is 6. The van der Waals surface area contributed by atoms with Crippen molar-refractivity contribution in [3.05, 3.63) is 40.8 Å². The number of thiophene rings is 1. The van der Waals surface area contributed by atoms with Crippen LogP contribution in [-0.4, -0.2) is 30.6 Å². The van der Waals surface area contributed by atoms with E-state index in [1.807, 2.05) is 24.3 Å². The van der Waals surface area contributed by atoms with Crippen LogP contribution in [0.5, 0.6) is 5.75 Å². The predicted molar refractivity (Wildman–Crippen MR) is 96.2 cm³/mol. The summed E-state index contributed by atoms with van der Waals surface area (Å²) < 4.78 is 10.7. The summed E-state index contributed by atoms with van der Waals surface area (Å²) in [6.07, 6.45) is 0. The van der Waals surface area contributed by atoms with Crippen molar-refractivity contribution >= 4 is 29.2 Å². The number of esters is 1. The lowest BCUT2D eigenvalue weighted by Gasteiger charge is -2.16. The quantitative estimate of drug-likeness (QED) is 0.803. The second kappa shape index (κ2) is 7.57. The number of para-hydroxylation sites is 1. The molecule has 26 heavy (non-hydrogen) atoms. The normalized spacial score (nSPS) is 11.8. The first-order chi connectivity index (χ1) is 12.4. The molecular weight excluding hydrogens is 356 g/mol. The lowest BCUT2D eigenvalue weighted by Crippen LogP contribution is -2.44. The van der Waals surface area contributed by atoms with Crippen molar-refractivity contribution in [3.63, 3.8) is 0 Å². The molecule has 3 amide bonds. The Morgan fingerprint density at radius 2 is 2.04 bits per heavy atom. The van der Waals surface area contributed by atoms with Gasteiger partial charge in [-0.3, -0.25) is 10.1 Å². The maximum atomic E-state index is 12.2. The van der Waals surface area contributed by atoms with Crippen LogP contribution in [-0.2, 0) is 16.1 Å². The zero-order chi connectivity index (χ0) is 18.7. The largest absolute Gasteiger partial charge is 0.488 e. The molecule has 0 aliphatic carbocycles. The van der Waals surface area contributed by atoms with Gasteiger partial charge in [0, 0.05) is 22.0 Å². The molecule has 0 saturated carbocycles. The number of nitrogens with one attached hydrogen (secondary N) is 2. The van der Waals surface area contributed by atoms with E-state index in [0.717, 1.165) is 21.8 Å². The van der Waals surface area contributed by atoms with Crippen LogP contribution in [0.1, 0.15) is 29.1 Å². The van der Waals surface area contributed by atoms with E-state index in [0.29, 0.717) is 11.5 Å². The third kappa shape index (κ3) is 4.02. The van der Waals surface area contributed by atoms with E-state index in [2.05, 4.69) is 10.6 Å². The summed E-state index contributed by atoms with van der Waals surface area (Å²) in [6, 6.07) is 8.58. The van der Waals surface area contributed by atoms with Crippen molar-refractivity contribution in [3.8, 4) is 16.2 Å². The van der Waals surface area contributed by atoms with Gasteiger partial charge in [0.1, 0.15) is 17.2 Å². The first-order valence-corrected chi connectivity index (χ1v) is 8.88. The number of rotatable bonds is 4. The Bertz CT molecular complexity index is 859. The monoisotopic (exact) mass is 374 g/mol. The molecule has 0 bridgehead atoms. The minimum atomic E-state index is -0.688. The molecule has 2 aromatic rings. The summed E-state index contributed by atoms with van der Waals surface area (Å²) in [7, 11) is 0. The molecule has 0 saturated heterocycles. The number of benzene rings is 1. The van der Waals surface area contributed by atoms with Crippen molar-refractivity contribution in [2.24, 2.45) is 0 Å². The molecule has 7 nitrogen and oxygen atoms in total. The average Bonchev–Trinajstić information content (AvgIpc) is 3.03. The molecule has 2 heterocycles. The van der Waals surface area contributed by atoms with Crippen molar-refractivity contribution in [2.45, 2.75) is 26.5 Å². The molecule has 136 valence electrons. The molecule has 0 unspecified atom stereocenters. The van der Waals surface area contributed by atoms with E-state index >= 15 is 0 Å². The van der Waals surface area contributed by atoms with Crippen LogP contribution in [0.4, 0.5) is 4.79 Å². The van der Waals surface area contributed by atoms with Crippen LogP contribution in [0, 0.1) is 0 Å². The maximum Gasteiger partial charge on any atom is 0.348 e. The fourth-order valence-corrected chi connectivity index (χ4v) is 3.55. The first-order valence-electron chi connectivity index (χ1n) is 8.06. The molecule has 0 fully saturated rings. The third-order valence-corrected chi connectivity index (χ3v) is 4.72. The Balaban J connectivity index is 1.61. The van der Waals surface area contributed by atoms with Gasteiger partial charge in [-0.05, 0) is 32.0 Å². The number of fused-ring (bicyclic) bond motifs is 3. The second-order valence-corrected chi connectivity index (χ2v) is 7.05. The van der Waals surface area contributed by atoms with E-state index in [9.17, 15) is 14.4 Å². The molecule has 1 aliphatic rings. The smallest absolute Gasteiger partial charge is 0.348 e. The van der Waals surface area contributed by atoms with E-state index in [4.69, 9.17) is 9.47 Å². The van der Waals surface area contributed by atoms with Crippen LogP contribution in [0.3, 0.4) is 0 Å². The highest BCUT2D eigenvalue weighted by Crippen LogP contribution is 2.42. The molecule has 0 spiro atoms. The van der Waals surface area contributed by atoms with Gasteiger partial charge >= 0.3 is 12.0 Å². The molecule has 8 heteroatoms. The van der Waals surface area contributed by atoms with Gasteiger partial charge in [-0.2, -0.15) is 0 Å². The maximum absolute atomic E-state index is 12.2. The highest BCUT2D eigenvalue weighted by atomic mass is 32.1. The van der Waals surface area contributed by atoms with Gasteiger partial charge in [0.05, 0.1) is 0 Å². The molecule has 1 aromatic heterocycles. The molecule has 1 aliphatic heterocycles. The average molecular weight is 374 g/mol. The van der Waals surface area contributed by atoms with E-state index in [1.54, 1.807) is 19.9 Å². The molecule has 1 aromatic carbocycles. The van der Waals surface area contributed by atoms with Gasteiger partial charge in [-0.25, -0.2) is 9.59 Å². The van der Waals surface area contributed by atoms with Crippen molar-refractivity contribution in [1.82, 2.24) is 10.6 Å². The number of carbonyl (C=O) groups excluding carboxylic acids is 3. The minimum Gasteiger partial charge on any atom is -0.488 e. The molecule has 0 radical (unpaired) electrons. The lowest BCUT2D eigenvalue weighted by atomic mass is 10.1. The van der Waals surface area contributed by atoms with E-state index < -0.39 is 24.5 Å². The summed E-state index contributed by atoms with van der Waals surface area (Å²) >= 11 is 1.29. The number of imide groups is 1. The highest BCUT2D eigenvalue weighted by Gasteiger charge is 2.23. The Labute approximate surface area is 154 Å². The van der Waals surface area contributed by atoms with Crippen molar-refractivity contribution < 1.29 is 23.9 Å². The Hall–Kier alpha value is -2.87. The Morgan fingerprint density at radius 3 is 2.81 bits per heavy atom. The van der Waals surface area contributed by atoms with Crippen LogP contribution in [0.15, 0.2) is 30.3 Å². The first kappa shape index (κ1) is 17.9. The summed E-state index contributed by atoms with van der Waals surface area (Å²) in [5.74, 6) is -0.523. The number of carbonyl (C=O) groups is 3. The van der Waals surface area contributed by atoms with Crippen molar-refractivity contribution in [2.75, 3.05) is 6.61 Å². The standard InChI is InChI=1S/C18H18N2O5S/c1-10(2)19-18(23)20-15(21)9-25-17(22)14-7-11-8-24-13-6-4-3-5-12(13)16(11)26-14/h3-7,10H,8-9H2,1-2H3,(H2,19,20,21,23). The number of urea groups is 1. The van der Waals surface area contributed by atoms with E-state index in [-0.39, 0.29) is 6.04 Å². The van der Waals surface area contributed by atoms with Gasteiger partial charge < -0.3 is 14.8 Å². The molecule has 0 atom stereocenters. The third-order valence-electron chi connectivity index (χ3n) is 3.53. The minimum absolute atomic E-state index is 0.104. The van der Waals surface area contributed by atoms with Gasteiger partial charge in [0.25, 0.3) is 5.91 Å². The van der Waals surface area contributed by atoms with Crippen LogP contribution in [0.2, 0.25) is 0 Å². The summed E-state index contributed by atoms with van der Waals surface area (Å²) in [5.41, 5.74) is 1.84. The fourth-order valence-electron chi connectivity index (χ4n) is 2.46. The summed E-state index contributed by atoms with van der Waals surface area (Å²) in [4.78, 5) is 36.6. The Kier molecular flexibility index (Phi) is 5.22.